The van der Waals surface area contributed by atoms with Crippen LogP contribution in [-0.2, 0) is 0 Å². The number of likely N-dealkylation sites (N-methyl/N-ethyl adjacent to an activating group) is 1. The lowest BCUT2D eigenvalue weighted by Gasteiger charge is -2.50. The fourth-order valence-electron chi connectivity index (χ4n) is 5.41. The Morgan fingerprint density at radius 3 is 1.71 bits per heavy atom. The Hall–Kier alpha value is -1.50. The molecule has 0 aromatic heterocycles. The summed E-state index contributed by atoms with van der Waals surface area (Å²) >= 11 is 0. The molecule has 7 heteroatoms. The molecule has 0 radical (unpaired) electrons. The number of primary amides is 1. The summed E-state index contributed by atoms with van der Waals surface area (Å²) in [7, 11) is 3.82. The SMILES string of the molecule is CCCCCCCCCCCCCCN(C)C(=O)N(C)CCN1CCN(C(N)=O)C(CC)(CC)C1. The highest BCUT2D eigenvalue weighted by molar-refractivity contribution is 5.74. The molecule has 7 nitrogen and oxygen atoms in total. The van der Waals surface area contributed by atoms with Crippen molar-refractivity contribution in [2.24, 2.45) is 5.73 Å². The topological polar surface area (TPSA) is 73.1 Å². The molecule has 35 heavy (non-hydrogen) atoms. The Balaban J connectivity index is 2.19. The molecule has 1 heterocycles. The van der Waals surface area contributed by atoms with Crippen LogP contribution in [0.25, 0.3) is 0 Å². The highest BCUT2D eigenvalue weighted by Gasteiger charge is 2.40. The summed E-state index contributed by atoms with van der Waals surface area (Å²) in [5.41, 5.74) is 5.45. The molecule has 1 fully saturated rings. The Labute approximate surface area is 216 Å². The molecule has 1 aliphatic rings. The van der Waals surface area contributed by atoms with Crippen molar-refractivity contribution in [2.75, 3.05) is 53.4 Å². The number of unbranched alkanes of at least 4 members (excludes halogenated alkanes) is 11. The number of amides is 4. The van der Waals surface area contributed by atoms with Crippen molar-refractivity contribution < 1.29 is 9.59 Å². The van der Waals surface area contributed by atoms with Gasteiger partial charge in [0, 0.05) is 53.4 Å². The van der Waals surface area contributed by atoms with E-state index in [9.17, 15) is 9.59 Å². The van der Waals surface area contributed by atoms with Gasteiger partial charge in [0.05, 0.1) is 5.54 Å². The Kier molecular flexibility index (Phi) is 16.1. The monoisotopic (exact) mass is 495 g/mol. The highest BCUT2D eigenvalue weighted by atomic mass is 16.2. The maximum Gasteiger partial charge on any atom is 0.319 e. The van der Waals surface area contributed by atoms with Crippen LogP contribution in [-0.4, -0.2) is 90.6 Å². The molecule has 0 aliphatic carbocycles. The third-order valence-corrected chi connectivity index (χ3v) is 8.06. The highest BCUT2D eigenvalue weighted by Crippen LogP contribution is 2.28. The molecule has 0 unspecified atom stereocenters. The summed E-state index contributed by atoms with van der Waals surface area (Å²) in [5, 5.41) is 0. The third-order valence-electron chi connectivity index (χ3n) is 8.06. The van der Waals surface area contributed by atoms with Gasteiger partial charge in [-0.1, -0.05) is 91.4 Å². The number of carbonyl (C=O) groups excluding carboxylic acids is 2. The van der Waals surface area contributed by atoms with Gasteiger partial charge in [-0.25, -0.2) is 9.59 Å². The van der Waals surface area contributed by atoms with Crippen LogP contribution in [0.3, 0.4) is 0 Å². The second kappa shape index (κ2) is 17.9. The Morgan fingerprint density at radius 1 is 0.743 bits per heavy atom. The summed E-state index contributed by atoms with van der Waals surface area (Å²) in [5.74, 6) is 0. The summed E-state index contributed by atoms with van der Waals surface area (Å²) < 4.78 is 0. The number of nitrogens with two attached hydrogens (primary N) is 1. The van der Waals surface area contributed by atoms with E-state index >= 15 is 0 Å². The van der Waals surface area contributed by atoms with E-state index in [0.717, 1.165) is 45.4 Å². The summed E-state index contributed by atoms with van der Waals surface area (Å²) in [6.07, 6.45) is 17.7. The molecule has 1 saturated heterocycles. The average Bonchev–Trinajstić information content (AvgIpc) is 2.86. The van der Waals surface area contributed by atoms with Crippen LogP contribution in [0.15, 0.2) is 0 Å². The number of rotatable bonds is 18. The molecule has 2 N–H and O–H groups in total. The number of hydrogen-bond acceptors (Lipinski definition) is 3. The van der Waals surface area contributed by atoms with Gasteiger partial charge >= 0.3 is 12.1 Å². The molecular formula is C28H57N5O2. The smallest absolute Gasteiger partial charge is 0.319 e. The van der Waals surface area contributed by atoms with Crippen molar-refractivity contribution in [1.82, 2.24) is 19.6 Å². The fourth-order valence-corrected chi connectivity index (χ4v) is 5.41. The lowest BCUT2D eigenvalue weighted by atomic mass is 9.88. The van der Waals surface area contributed by atoms with Crippen LogP contribution in [0, 0.1) is 0 Å². The molecule has 0 atom stereocenters. The predicted octanol–water partition coefficient (Wildman–Crippen LogP) is 5.93. The molecule has 206 valence electrons. The first kappa shape index (κ1) is 31.5. The van der Waals surface area contributed by atoms with Crippen LogP contribution >= 0.6 is 0 Å². The maximum absolute atomic E-state index is 12.8. The zero-order valence-corrected chi connectivity index (χ0v) is 23.8. The van der Waals surface area contributed by atoms with Gasteiger partial charge in [-0.15, -0.1) is 0 Å². The zero-order valence-electron chi connectivity index (χ0n) is 23.8. The van der Waals surface area contributed by atoms with Gasteiger partial charge in [-0.2, -0.15) is 0 Å². The van der Waals surface area contributed by atoms with E-state index in [4.69, 9.17) is 5.73 Å². The first-order valence-electron chi connectivity index (χ1n) is 14.6. The number of piperazine rings is 1. The second-order valence-corrected chi connectivity index (χ2v) is 10.7. The summed E-state index contributed by atoms with van der Waals surface area (Å²) in [6, 6.07) is -0.221. The van der Waals surface area contributed by atoms with Gasteiger partial charge in [-0.05, 0) is 19.3 Å². The van der Waals surface area contributed by atoms with E-state index in [-0.39, 0.29) is 17.6 Å². The average molecular weight is 496 g/mol. The molecule has 1 aliphatic heterocycles. The van der Waals surface area contributed by atoms with Gasteiger partial charge < -0.3 is 20.4 Å². The van der Waals surface area contributed by atoms with Gasteiger partial charge in [0.1, 0.15) is 0 Å². The van der Waals surface area contributed by atoms with Crippen molar-refractivity contribution >= 4 is 12.1 Å². The molecule has 0 aromatic rings. The van der Waals surface area contributed by atoms with Crippen LogP contribution in [0.1, 0.15) is 111 Å². The first-order valence-corrected chi connectivity index (χ1v) is 14.6. The largest absolute Gasteiger partial charge is 0.351 e. The lowest BCUT2D eigenvalue weighted by Crippen LogP contribution is -2.65. The number of hydrogen-bond donors (Lipinski definition) is 1. The van der Waals surface area contributed by atoms with Gasteiger partial charge in [0.15, 0.2) is 0 Å². The van der Waals surface area contributed by atoms with Crippen molar-refractivity contribution in [3.63, 3.8) is 0 Å². The first-order chi connectivity index (χ1) is 16.8. The standard InChI is InChI=1S/C28H57N5O2/c1-6-9-10-11-12-13-14-15-16-17-18-19-20-30(4)27(35)31(5)21-22-32-23-24-33(26(29)34)28(7-2,8-3)25-32/h6-25H2,1-5H3,(H2,29,34). The van der Waals surface area contributed by atoms with E-state index in [2.05, 4.69) is 25.7 Å². The Morgan fingerprint density at radius 2 is 1.23 bits per heavy atom. The second-order valence-electron chi connectivity index (χ2n) is 10.7. The van der Waals surface area contributed by atoms with Crippen LogP contribution < -0.4 is 5.73 Å². The molecule has 1 rings (SSSR count). The van der Waals surface area contributed by atoms with E-state index in [1.54, 1.807) is 0 Å². The minimum atomic E-state index is -0.319. The normalized spacial score (nSPS) is 15.9. The fraction of sp³-hybridized carbons (Fsp3) is 0.929. The minimum Gasteiger partial charge on any atom is -0.351 e. The zero-order chi connectivity index (χ0) is 26.1. The van der Waals surface area contributed by atoms with E-state index in [1.165, 1.54) is 70.6 Å². The molecule has 0 bridgehead atoms. The number of nitrogens with zero attached hydrogens (tertiary/aromatic N) is 4. The number of urea groups is 2. The van der Waals surface area contributed by atoms with E-state index in [1.807, 2.05) is 28.8 Å². The van der Waals surface area contributed by atoms with Crippen molar-refractivity contribution in [2.45, 2.75) is 116 Å². The van der Waals surface area contributed by atoms with Crippen molar-refractivity contribution in [1.29, 1.82) is 0 Å². The van der Waals surface area contributed by atoms with Gasteiger partial charge in [0.25, 0.3) is 0 Å². The maximum atomic E-state index is 12.8. The van der Waals surface area contributed by atoms with Crippen LogP contribution in [0.5, 0.6) is 0 Å². The molecular weight excluding hydrogens is 438 g/mol. The predicted molar refractivity (Wildman–Crippen MR) is 148 cm³/mol. The van der Waals surface area contributed by atoms with Gasteiger partial charge in [-0.3, -0.25) is 4.90 Å². The minimum absolute atomic E-state index is 0.0982. The van der Waals surface area contributed by atoms with E-state index in [0.29, 0.717) is 13.1 Å². The van der Waals surface area contributed by atoms with Crippen LogP contribution in [0.4, 0.5) is 9.59 Å². The number of carbonyl (C=O) groups is 2. The quantitative estimate of drug-likeness (QED) is 0.240. The third kappa shape index (κ3) is 11.4. The Bertz CT molecular complexity index is 582. The molecule has 0 aromatic carbocycles. The molecule has 0 saturated carbocycles. The van der Waals surface area contributed by atoms with Crippen LogP contribution in [0.2, 0.25) is 0 Å². The van der Waals surface area contributed by atoms with Crippen molar-refractivity contribution in [3.8, 4) is 0 Å². The molecule has 4 amide bonds. The lowest BCUT2D eigenvalue weighted by molar-refractivity contribution is 0.0196. The van der Waals surface area contributed by atoms with E-state index < -0.39 is 0 Å². The molecule has 0 spiro atoms. The van der Waals surface area contributed by atoms with Crippen molar-refractivity contribution in [3.05, 3.63) is 0 Å². The summed E-state index contributed by atoms with van der Waals surface area (Å²) in [4.78, 5) is 32.6. The summed E-state index contributed by atoms with van der Waals surface area (Å²) in [6.45, 7) is 11.2. The van der Waals surface area contributed by atoms with Gasteiger partial charge in [0.2, 0.25) is 0 Å².